The van der Waals surface area contributed by atoms with Crippen LogP contribution in [0.5, 0.6) is 0 Å². The maximum atomic E-state index is 12.1. The molecule has 0 aliphatic heterocycles. The minimum absolute atomic E-state index is 0.253. The van der Waals surface area contributed by atoms with Crippen molar-refractivity contribution in [1.29, 1.82) is 0 Å². The Kier molecular flexibility index (Phi) is 4.27. The molecule has 0 fully saturated rings. The summed E-state index contributed by atoms with van der Waals surface area (Å²) in [6, 6.07) is 7.15. The number of hydrogen-bond donors (Lipinski definition) is 1. The molecular weight excluding hydrogens is 262 g/mol. The summed E-state index contributed by atoms with van der Waals surface area (Å²) < 4.78 is 5.10. The molecule has 0 unspecified atom stereocenters. The zero-order valence-electron chi connectivity index (χ0n) is 11.0. The van der Waals surface area contributed by atoms with Crippen LogP contribution in [0.25, 0.3) is 0 Å². The molecule has 0 atom stereocenters. The summed E-state index contributed by atoms with van der Waals surface area (Å²) in [5, 5.41) is 3.58. The predicted molar refractivity (Wildman–Crippen MR) is 76.9 cm³/mol. The SMILES string of the molecule is CCc1ccc(Cl)c(CC)c1NC(=O)c1ccco1. The molecule has 3 nitrogen and oxygen atoms in total. The molecule has 1 amide bonds. The quantitative estimate of drug-likeness (QED) is 0.905. The highest BCUT2D eigenvalue weighted by atomic mass is 35.5. The largest absolute Gasteiger partial charge is 0.459 e. The van der Waals surface area contributed by atoms with Crippen LogP contribution in [0.4, 0.5) is 5.69 Å². The Balaban J connectivity index is 2.38. The van der Waals surface area contributed by atoms with Crippen LogP contribution < -0.4 is 5.32 Å². The van der Waals surface area contributed by atoms with Crippen LogP contribution in [0.3, 0.4) is 0 Å². The fraction of sp³-hybridized carbons (Fsp3) is 0.267. The number of hydrogen-bond acceptors (Lipinski definition) is 2. The lowest BCUT2D eigenvalue weighted by molar-refractivity contribution is 0.0996. The Morgan fingerprint density at radius 3 is 2.63 bits per heavy atom. The summed E-state index contributed by atoms with van der Waals surface area (Å²) in [6.07, 6.45) is 3.08. The molecule has 4 heteroatoms. The summed E-state index contributed by atoms with van der Waals surface area (Å²) in [7, 11) is 0. The van der Waals surface area contributed by atoms with E-state index < -0.39 is 0 Å². The second kappa shape index (κ2) is 5.93. The second-order valence-electron chi connectivity index (χ2n) is 4.20. The average molecular weight is 278 g/mol. The molecule has 2 aromatic rings. The van der Waals surface area contributed by atoms with E-state index in [0.717, 1.165) is 29.7 Å². The fourth-order valence-electron chi connectivity index (χ4n) is 2.05. The molecule has 1 aromatic carbocycles. The second-order valence-corrected chi connectivity index (χ2v) is 4.61. The van der Waals surface area contributed by atoms with Gasteiger partial charge in [0, 0.05) is 10.7 Å². The molecule has 2 rings (SSSR count). The number of nitrogens with one attached hydrogen (secondary N) is 1. The van der Waals surface area contributed by atoms with Gasteiger partial charge in [-0.3, -0.25) is 4.79 Å². The van der Waals surface area contributed by atoms with Gasteiger partial charge in [-0.15, -0.1) is 0 Å². The normalized spacial score (nSPS) is 10.5. The molecule has 19 heavy (non-hydrogen) atoms. The third-order valence-corrected chi connectivity index (χ3v) is 3.41. The number of furan rings is 1. The van der Waals surface area contributed by atoms with Gasteiger partial charge in [0.1, 0.15) is 0 Å². The summed E-state index contributed by atoms with van der Waals surface area (Å²) in [5.41, 5.74) is 2.83. The van der Waals surface area contributed by atoms with Gasteiger partial charge in [-0.25, -0.2) is 0 Å². The highest BCUT2D eigenvalue weighted by molar-refractivity contribution is 6.32. The monoisotopic (exact) mass is 277 g/mol. The minimum Gasteiger partial charge on any atom is -0.459 e. The molecule has 0 spiro atoms. The number of amides is 1. The van der Waals surface area contributed by atoms with Crippen LogP contribution in [0.1, 0.15) is 35.5 Å². The lowest BCUT2D eigenvalue weighted by Crippen LogP contribution is -2.14. The summed E-state index contributed by atoms with van der Waals surface area (Å²) in [4.78, 5) is 12.1. The average Bonchev–Trinajstić information content (AvgIpc) is 2.93. The van der Waals surface area contributed by atoms with Crippen molar-refractivity contribution in [1.82, 2.24) is 0 Å². The first-order valence-corrected chi connectivity index (χ1v) is 6.70. The van der Waals surface area contributed by atoms with Gasteiger partial charge in [-0.05, 0) is 42.2 Å². The number of rotatable bonds is 4. The third kappa shape index (κ3) is 2.82. The third-order valence-electron chi connectivity index (χ3n) is 3.06. The molecule has 0 bridgehead atoms. The molecule has 0 saturated heterocycles. The van der Waals surface area contributed by atoms with Gasteiger partial charge in [-0.2, -0.15) is 0 Å². The van der Waals surface area contributed by atoms with Crippen LogP contribution in [-0.4, -0.2) is 5.91 Å². The Labute approximate surface area is 117 Å². The van der Waals surface area contributed by atoms with E-state index in [9.17, 15) is 4.79 Å². The van der Waals surface area contributed by atoms with Crippen molar-refractivity contribution in [2.45, 2.75) is 26.7 Å². The number of benzene rings is 1. The van der Waals surface area contributed by atoms with Crippen molar-refractivity contribution >= 4 is 23.2 Å². The number of halogens is 1. The molecule has 1 heterocycles. The fourth-order valence-corrected chi connectivity index (χ4v) is 2.34. The molecule has 100 valence electrons. The Morgan fingerprint density at radius 2 is 2.05 bits per heavy atom. The van der Waals surface area contributed by atoms with Gasteiger partial charge < -0.3 is 9.73 Å². The predicted octanol–water partition coefficient (Wildman–Crippen LogP) is 4.31. The van der Waals surface area contributed by atoms with Crippen molar-refractivity contribution in [3.05, 3.63) is 52.4 Å². The first-order chi connectivity index (χ1) is 9.17. The van der Waals surface area contributed by atoms with Crippen molar-refractivity contribution in [2.75, 3.05) is 5.32 Å². The summed E-state index contributed by atoms with van der Waals surface area (Å²) in [5.74, 6) is 0.0424. The number of anilines is 1. The smallest absolute Gasteiger partial charge is 0.291 e. The van der Waals surface area contributed by atoms with E-state index in [1.54, 1.807) is 12.1 Å². The van der Waals surface area contributed by atoms with Crippen molar-refractivity contribution in [3.8, 4) is 0 Å². The van der Waals surface area contributed by atoms with E-state index >= 15 is 0 Å². The Bertz CT molecular complexity index is 576. The van der Waals surface area contributed by atoms with Gasteiger partial charge >= 0.3 is 0 Å². The Hall–Kier alpha value is -1.74. The van der Waals surface area contributed by atoms with Crippen molar-refractivity contribution in [3.63, 3.8) is 0 Å². The zero-order valence-corrected chi connectivity index (χ0v) is 11.8. The first-order valence-electron chi connectivity index (χ1n) is 6.32. The maximum absolute atomic E-state index is 12.1. The summed E-state index contributed by atoms with van der Waals surface area (Å²) in [6.45, 7) is 4.06. The van der Waals surface area contributed by atoms with Crippen molar-refractivity contribution in [2.24, 2.45) is 0 Å². The molecule has 0 saturated carbocycles. The lowest BCUT2D eigenvalue weighted by Gasteiger charge is -2.15. The minimum atomic E-state index is -0.253. The maximum Gasteiger partial charge on any atom is 0.291 e. The van der Waals surface area contributed by atoms with Crippen LogP contribution in [0, 0.1) is 0 Å². The number of carbonyl (C=O) groups excluding carboxylic acids is 1. The standard InChI is InChI=1S/C15H16ClNO2/c1-3-10-7-8-12(16)11(4-2)14(10)17-15(18)13-6-5-9-19-13/h5-9H,3-4H2,1-2H3,(H,17,18). The van der Waals surface area contributed by atoms with E-state index in [-0.39, 0.29) is 5.91 Å². The van der Waals surface area contributed by atoms with Gasteiger partial charge in [0.05, 0.1) is 6.26 Å². The first kappa shape index (κ1) is 13.7. The van der Waals surface area contributed by atoms with Crippen LogP contribution >= 0.6 is 11.6 Å². The summed E-state index contributed by atoms with van der Waals surface area (Å²) >= 11 is 6.19. The van der Waals surface area contributed by atoms with Gasteiger partial charge in [0.25, 0.3) is 5.91 Å². The van der Waals surface area contributed by atoms with Gasteiger partial charge in [-0.1, -0.05) is 31.5 Å². The van der Waals surface area contributed by atoms with E-state index in [1.165, 1.54) is 6.26 Å². The zero-order chi connectivity index (χ0) is 13.8. The number of carbonyl (C=O) groups is 1. The molecule has 0 aliphatic carbocycles. The van der Waals surface area contributed by atoms with Gasteiger partial charge in [0.15, 0.2) is 5.76 Å². The molecule has 1 aromatic heterocycles. The highest BCUT2D eigenvalue weighted by Gasteiger charge is 2.15. The van der Waals surface area contributed by atoms with Gasteiger partial charge in [0.2, 0.25) is 0 Å². The van der Waals surface area contributed by atoms with Crippen LogP contribution in [0.15, 0.2) is 34.9 Å². The van der Waals surface area contributed by atoms with E-state index in [0.29, 0.717) is 10.8 Å². The van der Waals surface area contributed by atoms with Crippen LogP contribution in [0.2, 0.25) is 5.02 Å². The van der Waals surface area contributed by atoms with E-state index in [1.807, 2.05) is 26.0 Å². The lowest BCUT2D eigenvalue weighted by atomic mass is 10.0. The van der Waals surface area contributed by atoms with E-state index in [4.69, 9.17) is 16.0 Å². The molecule has 0 radical (unpaired) electrons. The van der Waals surface area contributed by atoms with Crippen molar-refractivity contribution < 1.29 is 9.21 Å². The molecule has 0 aliphatic rings. The van der Waals surface area contributed by atoms with E-state index in [2.05, 4.69) is 5.32 Å². The Morgan fingerprint density at radius 1 is 1.26 bits per heavy atom. The highest BCUT2D eigenvalue weighted by Crippen LogP contribution is 2.29. The van der Waals surface area contributed by atoms with Crippen LogP contribution in [-0.2, 0) is 12.8 Å². The number of aryl methyl sites for hydroxylation is 1. The molecular formula is C15H16ClNO2. The molecule has 1 N–H and O–H groups in total. The topological polar surface area (TPSA) is 42.2 Å².